The van der Waals surface area contributed by atoms with Crippen LogP contribution in [0.15, 0.2) is 23.0 Å². The average molecular weight is 387 g/mol. The fraction of sp³-hybridized carbons (Fsp3) is 0.312. The van der Waals surface area contributed by atoms with Crippen molar-refractivity contribution in [2.24, 2.45) is 0 Å². The first-order valence-corrected chi connectivity index (χ1v) is 7.96. The molecule has 0 fully saturated rings. The van der Waals surface area contributed by atoms with E-state index < -0.39 is 29.9 Å². The van der Waals surface area contributed by atoms with Gasteiger partial charge in [-0.3, -0.25) is 4.79 Å². The number of benzene rings is 1. The summed E-state index contributed by atoms with van der Waals surface area (Å²) in [6, 6.07) is 2.43. The lowest BCUT2D eigenvalue weighted by Crippen LogP contribution is -2.14. The molecule has 0 saturated carbocycles. The Morgan fingerprint density at radius 3 is 2.65 bits per heavy atom. The van der Waals surface area contributed by atoms with Crippen molar-refractivity contribution in [3.63, 3.8) is 0 Å². The molecular formula is C16H14ClF3N4O2. The largest absolute Gasteiger partial charge is 0.416 e. The molecule has 0 aliphatic rings. The molecule has 138 valence electrons. The van der Waals surface area contributed by atoms with Crippen LogP contribution in [0.1, 0.15) is 35.6 Å². The van der Waals surface area contributed by atoms with Gasteiger partial charge in [-0.05, 0) is 31.5 Å². The lowest BCUT2D eigenvalue weighted by Gasteiger charge is -2.16. The van der Waals surface area contributed by atoms with Crippen LogP contribution in [-0.2, 0) is 12.8 Å². The third kappa shape index (κ3) is 3.08. The van der Waals surface area contributed by atoms with Gasteiger partial charge in [0.1, 0.15) is 16.9 Å². The molecule has 0 aliphatic carbocycles. The van der Waals surface area contributed by atoms with Crippen LogP contribution >= 0.6 is 11.6 Å². The van der Waals surface area contributed by atoms with Gasteiger partial charge in [0, 0.05) is 5.02 Å². The highest BCUT2D eigenvalue weighted by Gasteiger charge is 2.31. The molecule has 2 N–H and O–H groups in total. The molecule has 2 aromatic heterocycles. The summed E-state index contributed by atoms with van der Waals surface area (Å²) in [5, 5.41) is 13.7. The van der Waals surface area contributed by atoms with Gasteiger partial charge in [-0.1, -0.05) is 17.7 Å². The Kier molecular flexibility index (Phi) is 4.53. The maximum atomic E-state index is 12.8. The molecule has 0 aliphatic heterocycles. The number of aromatic nitrogens is 4. The minimum absolute atomic E-state index is 0.0805. The smallest absolute Gasteiger partial charge is 0.390 e. The van der Waals surface area contributed by atoms with Crippen LogP contribution in [0, 0.1) is 6.92 Å². The minimum atomic E-state index is -4.50. The number of hydrogen-bond donors (Lipinski definition) is 2. The number of nitrogens with one attached hydrogen (secondary N) is 1. The Hall–Kier alpha value is -2.39. The SMILES string of the molecule is Cc1nc2c(c(CO)nn2C(C)c2ccc(C(F)(F)F)cc2Cl)c(=O)[nH]1. The van der Waals surface area contributed by atoms with E-state index in [-0.39, 0.29) is 21.7 Å². The standard InChI is InChI=1S/C16H14ClF3N4O2/c1-7(10-4-3-9(5-11(10)17)16(18,19)20)24-14-13(12(6-25)23-24)15(26)22-8(2)21-14/h3-5,7,25H,6H2,1-2H3,(H,21,22,26). The molecule has 2 heterocycles. The van der Waals surface area contributed by atoms with E-state index in [0.717, 1.165) is 12.1 Å². The second-order valence-corrected chi connectivity index (χ2v) is 6.22. The van der Waals surface area contributed by atoms with Crippen LogP contribution in [0.5, 0.6) is 0 Å². The number of aliphatic hydroxyl groups excluding tert-OH is 1. The van der Waals surface area contributed by atoms with E-state index in [0.29, 0.717) is 11.4 Å². The summed E-state index contributed by atoms with van der Waals surface area (Å²) in [6.45, 7) is 2.78. The number of halogens is 4. The molecule has 6 nitrogen and oxygen atoms in total. The third-order valence-electron chi connectivity index (χ3n) is 4.05. The lowest BCUT2D eigenvalue weighted by atomic mass is 10.1. The molecule has 3 aromatic rings. The maximum Gasteiger partial charge on any atom is 0.416 e. The van der Waals surface area contributed by atoms with Crippen molar-refractivity contribution >= 4 is 22.6 Å². The van der Waals surface area contributed by atoms with Gasteiger partial charge in [-0.2, -0.15) is 18.3 Å². The van der Waals surface area contributed by atoms with Crippen molar-refractivity contribution in [3.05, 3.63) is 56.2 Å². The molecule has 26 heavy (non-hydrogen) atoms. The van der Waals surface area contributed by atoms with Crippen LogP contribution in [-0.4, -0.2) is 24.9 Å². The van der Waals surface area contributed by atoms with Crippen molar-refractivity contribution in [2.75, 3.05) is 0 Å². The molecule has 0 spiro atoms. The van der Waals surface area contributed by atoms with E-state index in [1.165, 1.54) is 10.7 Å². The Labute approximate surface area is 150 Å². The van der Waals surface area contributed by atoms with Crippen LogP contribution in [0.2, 0.25) is 5.02 Å². The summed E-state index contributed by atoms with van der Waals surface area (Å²) < 4.78 is 39.8. The molecule has 0 saturated heterocycles. The predicted octanol–water partition coefficient (Wildman–Crippen LogP) is 3.20. The van der Waals surface area contributed by atoms with E-state index in [4.69, 9.17) is 11.6 Å². The Bertz CT molecular complexity index is 1040. The van der Waals surface area contributed by atoms with E-state index >= 15 is 0 Å². The van der Waals surface area contributed by atoms with Crippen molar-refractivity contribution in [1.82, 2.24) is 19.7 Å². The summed E-state index contributed by atoms with van der Waals surface area (Å²) in [5.74, 6) is 0.346. The molecule has 1 unspecified atom stereocenters. The molecule has 3 rings (SSSR count). The van der Waals surface area contributed by atoms with Gasteiger partial charge < -0.3 is 10.1 Å². The number of rotatable bonds is 3. The van der Waals surface area contributed by atoms with Gasteiger partial charge in [0.25, 0.3) is 5.56 Å². The summed E-state index contributed by atoms with van der Waals surface area (Å²) in [4.78, 5) is 18.9. The van der Waals surface area contributed by atoms with Crippen molar-refractivity contribution in [3.8, 4) is 0 Å². The van der Waals surface area contributed by atoms with Gasteiger partial charge in [-0.25, -0.2) is 9.67 Å². The van der Waals surface area contributed by atoms with Crippen LogP contribution in [0.3, 0.4) is 0 Å². The normalized spacial score (nSPS) is 13.3. The Morgan fingerprint density at radius 2 is 2.08 bits per heavy atom. The van der Waals surface area contributed by atoms with E-state index in [2.05, 4.69) is 15.1 Å². The minimum Gasteiger partial charge on any atom is -0.390 e. The quantitative estimate of drug-likeness (QED) is 0.724. The fourth-order valence-electron chi connectivity index (χ4n) is 2.78. The number of H-pyrrole nitrogens is 1. The molecular weight excluding hydrogens is 373 g/mol. The van der Waals surface area contributed by atoms with Gasteiger partial charge in [0.2, 0.25) is 0 Å². The maximum absolute atomic E-state index is 12.8. The first kappa shape index (κ1) is 18.4. The molecule has 1 atom stereocenters. The molecule has 10 heteroatoms. The number of aryl methyl sites for hydroxylation is 1. The highest BCUT2D eigenvalue weighted by Crippen LogP contribution is 2.35. The summed E-state index contributed by atoms with van der Waals surface area (Å²) in [6.07, 6.45) is -4.50. The summed E-state index contributed by atoms with van der Waals surface area (Å²) in [5.41, 5.74) is -0.575. The number of alkyl halides is 3. The average Bonchev–Trinajstić information content (AvgIpc) is 2.92. The van der Waals surface area contributed by atoms with Crippen molar-refractivity contribution < 1.29 is 18.3 Å². The number of aliphatic hydroxyl groups is 1. The second-order valence-electron chi connectivity index (χ2n) is 5.81. The molecule has 0 amide bonds. The van der Waals surface area contributed by atoms with E-state index in [1.807, 2.05) is 0 Å². The summed E-state index contributed by atoms with van der Waals surface area (Å²) in [7, 11) is 0. The third-order valence-corrected chi connectivity index (χ3v) is 4.37. The molecule has 0 bridgehead atoms. The van der Waals surface area contributed by atoms with Crippen molar-refractivity contribution in [2.45, 2.75) is 32.7 Å². The van der Waals surface area contributed by atoms with Gasteiger partial charge in [-0.15, -0.1) is 0 Å². The van der Waals surface area contributed by atoms with Gasteiger partial charge in [0.15, 0.2) is 5.65 Å². The lowest BCUT2D eigenvalue weighted by molar-refractivity contribution is -0.137. The monoisotopic (exact) mass is 386 g/mol. The highest BCUT2D eigenvalue weighted by atomic mass is 35.5. The zero-order valence-corrected chi connectivity index (χ0v) is 14.5. The Morgan fingerprint density at radius 1 is 1.38 bits per heavy atom. The second kappa shape index (κ2) is 6.40. The topological polar surface area (TPSA) is 83.8 Å². The molecule has 0 radical (unpaired) electrons. The zero-order valence-electron chi connectivity index (χ0n) is 13.7. The molecule has 1 aromatic carbocycles. The van der Waals surface area contributed by atoms with Crippen LogP contribution in [0.4, 0.5) is 13.2 Å². The zero-order chi connectivity index (χ0) is 19.2. The number of aromatic amines is 1. The first-order chi connectivity index (χ1) is 12.1. The van der Waals surface area contributed by atoms with E-state index in [1.54, 1.807) is 13.8 Å². The van der Waals surface area contributed by atoms with Gasteiger partial charge in [0.05, 0.1) is 18.2 Å². The van der Waals surface area contributed by atoms with Crippen LogP contribution < -0.4 is 5.56 Å². The number of nitrogens with zero attached hydrogens (tertiary/aromatic N) is 3. The Balaban J connectivity index is 2.17. The predicted molar refractivity (Wildman–Crippen MR) is 89.1 cm³/mol. The summed E-state index contributed by atoms with van der Waals surface area (Å²) >= 11 is 6.06. The number of hydrogen-bond acceptors (Lipinski definition) is 4. The fourth-order valence-corrected chi connectivity index (χ4v) is 3.12. The van der Waals surface area contributed by atoms with Crippen LogP contribution in [0.25, 0.3) is 11.0 Å². The van der Waals surface area contributed by atoms with E-state index in [9.17, 15) is 23.1 Å². The number of fused-ring (bicyclic) bond motifs is 1. The highest BCUT2D eigenvalue weighted by molar-refractivity contribution is 6.31. The van der Waals surface area contributed by atoms with Gasteiger partial charge >= 0.3 is 6.18 Å². The first-order valence-electron chi connectivity index (χ1n) is 7.59. The van der Waals surface area contributed by atoms with Crippen molar-refractivity contribution in [1.29, 1.82) is 0 Å².